The largest absolute Gasteiger partial charge is 0.327 e. The Morgan fingerprint density at radius 1 is 1.29 bits per heavy atom. The van der Waals surface area contributed by atoms with E-state index in [2.05, 4.69) is 21.4 Å². The van der Waals surface area contributed by atoms with E-state index >= 15 is 4.39 Å². The second-order valence-electron chi connectivity index (χ2n) is 9.13. The van der Waals surface area contributed by atoms with Crippen LogP contribution in [-0.2, 0) is 7.05 Å². The maximum absolute atomic E-state index is 15.5. The van der Waals surface area contributed by atoms with Crippen LogP contribution in [0.15, 0.2) is 35.3 Å². The number of hydrogen-bond acceptors (Lipinski definition) is 5. The first-order chi connectivity index (χ1) is 16.4. The maximum Gasteiger partial charge on any atom is 0.272 e. The summed E-state index contributed by atoms with van der Waals surface area (Å²) in [4.78, 5) is 12.4. The van der Waals surface area contributed by atoms with Gasteiger partial charge in [-0.1, -0.05) is 17.7 Å². The van der Waals surface area contributed by atoms with Gasteiger partial charge in [0.2, 0.25) is 0 Å². The number of aromatic nitrogens is 4. The third kappa shape index (κ3) is 3.16. The number of benzene rings is 2. The van der Waals surface area contributed by atoms with Crippen molar-refractivity contribution in [3.63, 3.8) is 0 Å². The van der Waals surface area contributed by atoms with Crippen LogP contribution in [0.3, 0.4) is 0 Å². The second-order valence-corrected chi connectivity index (χ2v) is 9.54. The van der Waals surface area contributed by atoms with Gasteiger partial charge >= 0.3 is 0 Å². The molecule has 0 spiro atoms. The first-order valence-electron chi connectivity index (χ1n) is 11.1. The van der Waals surface area contributed by atoms with E-state index in [1.807, 2.05) is 6.07 Å². The van der Waals surface area contributed by atoms with Gasteiger partial charge in [0, 0.05) is 30.0 Å². The fourth-order valence-electron chi connectivity index (χ4n) is 4.81. The van der Waals surface area contributed by atoms with Crippen molar-refractivity contribution >= 4 is 22.4 Å². The zero-order chi connectivity index (χ0) is 23.7. The highest BCUT2D eigenvalue weighted by atomic mass is 35.5. The molecule has 2 aliphatic carbocycles. The zero-order valence-corrected chi connectivity index (χ0v) is 19.0. The van der Waals surface area contributed by atoms with E-state index in [4.69, 9.17) is 17.3 Å². The number of H-pyrrole nitrogens is 1. The summed E-state index contributed by atoms with van der Waals surface area (Å²) in [5.41, 5.74) is 9.56. The molecule has 2 aromatic heterocycles. The SMILES string of the molecule is Cn1ncc(-c2ccc3c(=O)[nH]nc(C4CC4N)c3c2)c1-c1c(F)c(Cl)cc(C2CC2)c1C#N. The Kier molecular flexibility index (Phi) is 4.63. The number of aromatic amines is 1. The summed E-state index contributed by atoms with van der Waals surface area (Å²) in [6.07, 6.45) is 4.34. The molecule has 6 rings (SSSR count). The number of rotatable bonds is 4. The number of nitrogens with two attached hydrogens (primary N) is 1. The van der Waals surface area contributed by atoms with Crippen molar-refractivity contribution in [3.8, 4) is 28.5 Å². The van der Waals surface area contributed by atoms with Gasteiger partial charge in [-0.2, -0.15) is 15.5 Å². The van der Waals surface area contributed by atoms with E-state index in [-0.39, 0.29) is 39.6 Å². The molecule has 2 saturated carbocycles. The van der Waals surface area contributed by atoms with E-state index in [1.165, 1.54) is 0 Å². The van der Waals surface area contributed by atoms with E-state index in [9.17, 15) is 10.1 Å². The van der Waals surface area contributed by atoms with E-state index in [1.54, 1.807) is 36.1 Å². The summed E-state index contributed by atoms with van der Waals surface area (Å²) in [6, 6.07) is 9.20. The molecule has 0 saturated heterocycles. The minimum atomic E-state index is -0.643. The number of hydrogen-bond donors (Lipinski definition) is 2. The van der Waals surface area contributed by atoms with Crippen molar-refractivity contribution in [3.05, 3.63) is 68.5 Å². The molecule has 34 heavy (non-hydrogen) atoms. The predicted octanol–water partition coefficient (Wildman–Crippen LogP) is 4.35. The lowest BCUT2D eigenvalue weighted by molar-refractivity contribution is 0.627. The van der Waals surface area contributed by atoms with Gasteiger partial charge in [0.1, 0.15) is 6.07 Å². The van der Waals surface area contributed by atoms with Crippen molar-refractivity contribution in [2.75, 3.05) is 0 Å². The maximum atomic E-state index is 15.5. The van der Waals surface area contributed by atoms with Crippen LogP contribution in [0.4, 0.5) is 4.39 Å². The Labute approximate surface area is 199 Å². The summed E-state index contributed by atoms with van der Waals surface area (Å²) in [5, 5.41) is 22.4. The molecule has 0 bridgehead atoms. The highest BCUT2D eigenvalue weighted by Crippen LogP contribution is 2.47. The number of halogens is 2. The molecule has 2 unspecified atom stereocenters. The molecule has 0 radical (unpaired) electrons. The third-order valence-electron chi connectivity index (χ3n) is 6.87. The highest BCUT2D eigenvalue weighted by molar-refractivity contribution is 6.31. The molecule has 3 N–H and O–H groups in total. The average Bonchev–Trinajstić information content (AvgIpc) is 3.75. The predicted molar refractivity (Wildman–Crippen MR) is 127 cm³/mol. The Morgan fingerprint density at radius 2 is 2.06 bits per heavy atom. The quantitative estimate of drug-likeness (QED) is 0.456. The van der Waals surface area contributed by atoms with Crippen LogP contribution >= 0.6 is 11.6 Å². The Morgan fingerprint density at radius 3 is 2.74 bits per heavy atom. The van der Waals surface area contributed by atoms with Crippen LogP contribution in [0.2, 0.25) is 5.02 Å². The van der Waals surface area contributed by atoms with Crippen molar-refractivity contribution in [1.82, 2.24) is 20.0 Å². The van der Waals surface area contributed by atoms with Gasteiger partial charge in [-0.05, 0) is 54.5 Å². The molecule has 2 heterocycles. The number of aryl methyl sites for hydroxylation is 1. The number of nitrogens with zero attached hydrogens (tertiary/aromatic N) is 4. The average molecular weight is 475 g/mol. The lowest BCUT2D eigenvalue weighted by Gasteiger charge is -2.15. The first kappa shape index (κ1) is 21.0. The zero-order valence-electron chi connectivity index (χ0n) is 18.3. The summed E-state index contributed by atoms with van der Waals surface area (Å²) in [7, 11) is 1.71. The van der Waals surface area contributed by atoms with E-state index in [0.29, 0.717) is 22.0 Å². The van der Waals surface area contributed by atoms with Gasteiger partial charge in [0.15, 0.2) is 5.82 Å². The van der Waals surface area contributed by atoms with Crippen LogP contribution in [0.25, 0.3) is 33.2 Å². The molecule has 2 aromatic carbocycles. The molecule has 170 valence electrons. The fraction of sp³-hybridized carbons (Fsp3) is 0.280. The van der Waals surface area contributed by atoms with Gasteiger partial charge in [0.05, 0.1) is 39.1 Å². The van der Waals surface area contributed by atoms with Crippen molar-refractivity contribution in [2.24, 2.45) is 12.8 Å². The smallest absolute Gasteiger partial charge is 0.272 e. The minimum Gasteiger partial charge on any atom is -0.327 e. The van der Waals surface area contributed by atoms with E-state index in [0.717, 1.165) is 36.1 Å². The molecule has 4 aromatic rings. The molecule has 0 amide bonds. The monoisotopic (exact) mass is 474 g/mol. The summed E-state index contributed by atoms with van der Waals surface area (Å²) in [6.45, 7) is 0. The van der Waals surface area contributed by atoms with Gasteiger partial charge < -0.3 is 5.73 Å². The van der Waals surface area contributed by atoms with Gasteiger partial charge in [-0.15, -0.1) is 0 Å². The van der Waals surface area contributed by atoms with Crippen molar-refractivity contribution < 1.29 is 4.39 Å². The highest BCUT2D eigenvalue weighted by Gasteiger charge is 2.38. The number of fused-ring (bicyclic) bond motifs is 1. The Balaban J connectivity index is 1.60. The molecule has 2 aliphatic rings. The third-order valence-corrected chi connectivity index (χ3v) is 7.15. The number of nitrogens with one attached hydrogen (secondary N) is 1. The first-order valence-corrected chi connectivity index (χ1v) is 11.5. The molecule has 2 fully saturated rings. The van der Waals surface area contributed by atoms with Crippen molar-refractivity contribution in [1.29, 1.82) is 5.26 Å². The topological polar surface area (TPSA) is 113 Å². The number of nitriles is 1. The van der Waals surface area contributed by atoms with Gasteiger partial charge in [-0.3, -0.25) is 9.48 Å². The molecule has 9 heteroatoms. The summed E-state index contributed by atoms with van der Waals surface area (Å²) in [5.74, 6) is -0.345. The minimum absolute atomic E-state index is 0.0118. The van der Waals surface area contributed by atoms with Crippen LogP contribution in [0.1, 0.15) is 47.9 Å². The van der Waals surface area contributed by atoms with Crippen LogP contribution in [0, 0.1) is 17.1 Å². The summed E-state index contributed by atoms with van der Waals surface area (Å²) < 4.78 is 17.0. The van der Waals surface area contributed by atoms with Crippen LogP contribution in [0.5, 0.6) is 0 Å². The Bertz CT molecular complexity index is 1600. The molecule has 0 aliphatic heterocycles. The Hall–Kier alpha value is -3.54. The molecular formula is C25H20ClFN6O. The van der Waals surface area contributed by atoms with Crippen LogP contribution < -0.4 is 11.3 Å². The van der Waals surface area contributed by atoms with Crippen molar-refractivity contribution in [2.45, 2.75) is 37.1 Å². The van der Waals surface area contributed by atoms with Crippen LogP contribution in [-0.4, -0.2) is 26.0 Å². The summed E-state index contributed by atoms with van der Waals surface area (Å²) >= 11 is 6.29. The van der Waals surface area contributed by atoms with Gasteiger partial charge in [-0.25, -0.2) is 9.49 Å². The van der Waals surface area contributed by atoms with Gasteiger partial charge in [0.25, 0.3) is 5.56 Å². The standard InChI is InChI=1S/C25H20ClFN6O/c1-33-24(21-17(9-28)14(11-2-3-11)7-19(26)22(21)27)18(10-30-33)12-4-5-13-15(6-12)23(16-8-20(16)29)31-32-25(13)34/h4-7,10-11,16,20H,2-3,8,29H2,1H3,(H,32,34). The molecular weight excluding hydrogens is 455 g/mol. The lowest BCUT2D eigenvalue weighted by Crippen LogP contribution is -2.12. The molecule has 2 atom stereocenters. The normalized spacial score (nSPS) is 19.4. The second kappa shape index (κ2) is 7.49. The lowest BCUT2D eigenvalue weighted by atomic mass is 9.92. The fourth-order valence-corrected chi connectivity index (χ4v) is 5.03. The van der Waals surface area contributed by atoms with E-state index < -0.39 is 5.82 Å². The molecule has 7 nitrogen and oxygen atoms in total.